The van der Waals surface area contributed by atoms with Crippen LogP contribution in [0.15, 0.2) is 54.4 Å². The highest BCUT2D eigenvalue weighted by molar-refractivity contribution is 5.95. The molecular weight excluding hydrogens is 402 g/mol. The Morgan fingerprint density at radius 3 is 2.81 bits per heavy atom. The van der Waals surface area contributed by atoms with Crippen LogP contribution < -0.4 is 0 Å². The third kappa shape index (κ3) is 3.52. The van der Waals surface area contributed by atoms with Gasteiger partial charge in [-0.2, -0.15) is 14.6 Å². The first kappa shape index (κ1) is 19.2. The molecule has 1 aromatic carbocycles. The van der Waals surface area contributed by atoms with E-state index in [4.69, 9.17) is 0 Å². The van der Waals surface area contributed by atoms with E-state index in [-0.39, 0.29) is 23.4 Å². The molecule has 0 saturated heterocycles. The van der Waals surface area contributed by atoms with Crippen LogP contribution in [0.5, 0.6) is 0 Å². The summed E-state index contributed by atoms with van der Waals surface area (Å²) in [7, 11) is 1.76. The first-order valence-electron chi connectivity index (χ1n) is 9.81. The monoisotopic (exact) mass is 420 g/mol. The van der Waals surface area contributed by atoms with Crippen LogP contribution in [0.2, 0.25) is 0 Å². The number of para-hydroxylation sites is 1. The maximum atomic E-state index is 13.1. The lowest BCUT2D eigenvalue weighted by Gasteiger charge is -2.37. The number of amides is 1. The largest absolute Gasteiger partial charge is 0.337 e. The third-order valence-corrected chi connectivity index (χ3v) is 5.56. The lowest BCUT2D eigenvalue weighted by atomic mass is 9.84. The number of alkyl halides is 2. The fourth-order valence-corrected chi connectivity index (χ4v) is 3.75. The molecule has 1 amide bonds. The average molecular weight is 420 g/mol. The van der Waals surface area contributed by atoms with Crippen molar-refractivity contribution in [1.82, 2.24) is 29.5 Å². The number of nitrogens with zero attached hydrogens (tertiary/aromatic N) is 6. The van der Waals surface area contributed by atoms with Crippen LogP contribution in [-0.2, 0) is 0 Å². The van der Waals surface area contributed by atoms with Gasteiger partial charge in [0.25, 0.3) is 18.1 Å². The van der Waals surface area contributed by atoms with Crippen molar-refractivity contribution in [1.29, 1.82) is 0 Å². The van der Waals surface area contributed by atoms with Crippen LogP contribution in [-0.4, -0.2) is 48.5 Å². The summed E-state index contributed by atoms with van der Waals surface area (Å²) < 4.78 is 27.7. The molecule has 1 aliphatic carbocycles. The maximum absolute atomic E-state index is 13.1. The number of carbonyl (C=O) groups excluding carboxylic acids is 1. The van der Waals surface area contributed by atoms with E-state index in [2.05, 4.69) is 20.1 Å². The van der Waals surface area contributed by atoms with E-state index in [0.717, 1.165) is 16.5 Å². The van der Waals surface area contributed by atoms with Gasteiger partial charge < -0.3 is 4.90 Å². The van der Waals surface area contributed by atoms with Gasteiger partial charge in [0.1, 0.15) is 17.7 Å². The minimum Gasteiger partial charge on any atom is -0.337 e. The summed E-state index contributed by atoms with van der Waals surface area (Å²) in [6.07, 6.45) is 1.72. The Balaban J connectivity index is 1.33. The zero-order valence-electron chi connectivity index (χ0n) is 16.6. The second-order valence-corrected chi connectivity index (χ2v) is 7.55. The predicted octanol–water partition coefficient (Wildman–Crippen LogP) is 3.93. The Bertz CT molecular complexity index is 1320. The van der Waals surface area contributed by atoms with Gasteiger partial charge in [0.05, 0.1) is 11.2 Å². The van der Waals surface area contributed by atoms with Gasteiger partial charge in [0, 0.05) is 18.5 Å². The summed E-state index contributed by atoms with van der Waals surface area (Å²) in [5.74, 6) is -0.00688. The lowest BCUT2D eigenvalue weighted by Crippen LogP contribution is -2.42. The fraction of sp³-hybridized carbons (Fsp3) is 0.227. The van der Waals surface area contributed by atoms with Gasteiger partial charge >= 0.3 is 0 Å². The molecule has 7 nitrogen and oxygen atoms in total. The topological polar surface area (TPSA) is 76.3 Å². The van der Waals surface area contributed by atoms with E-state index in [0.29, 0.717) is 24.2 Å². The molecule has 0 aliphatic heterocycles. The van der Waals surface area contributed by atoms with Crippen molar-refractivity contribution in [2.24, 2.45) is 0 Å². The van der Waals surface area contributed by atoms with Crippen molar-refractivity contribution in [3.8, 4) is 0 Å². The van der Waals surface area contributed by atoms with Crippen molar-refractivity contribution in [3.63, 3.8) is 0 Å². The molecule has 156 valence electrons. The van der Waals surface area contributed by atoms with Crippen LogP contribution in [0.25, 0.3) is 22.8 Å². The Labute approximate surface area is 176 Å². The Kier molecular flexibility index (Phi) is 4.65. The molecule has 31 heavy (non-hydrogen) atoms. The molecule has 5 rings (SSSR count). The number of benzene rings is 1. The minimum atomic E-state index is -2.69. The van der Waals surface area contributed by atoms with Crippen molar-refractivity contribution >= 4 is 28.7 Å². The van der Waals surface area contributed by atoms with Crippen molar-refractivity contribution in [2.45, 2.75) is 25.3 Å². The van der Waals surface area contributed by atoms with E-state index in [1.165, 1.54) is 16.9 Å². The molecular formula is C22H18F2N6O. The molecule has 0 atom stereocenters. The van der Waals surface area contributed by atoms with Crippen LogP contribution in [0.4, 0.5) is 8.78 Å². The summed E-state index contributed by atoms with van der Waals surface area (Å²) >= 11 is 0. The number of aromatic nitrogens is 5. The second-order valence-electron chi connectivity index (χ2n) is 7.55. The highest BCUT2D eigenvalue weighted by Crippen LogP contribution is 2.33. The van der Waals surface area contributed by atoms with Crippen LogP contribution >= 0.6 is 0 Å². The Morgan fingerprint density at radius 1 is 1.19 bits per heavy atom. The zero-order chi connectivity index (χ0) is 21.5. The molecule has 1 fully saturated rings. The van der Waals surface area contributed by atoms with Crippen molar-refractivity contribution in [3.05, 3.63) is 71.4 Å². The van der Waals surface area contributed by atoms with E-state index in [1.807, 2.05) is 36.4 Å². The highest BCUT2D eigenvalue weighted by atomic mass is 19.3. The predicted molar refractivity (Wildman–Crippen MR) is 111 cm³/mol. The number of fused-ring (bicyclic) bond motifs is 2. The quantitative estimate of drug-likeness (QED) is 0.500. The minimum absolute atomic E-state index is 0.0228. The number of hydrogen-bond acceptors (Lipinski definition) is 5. The molecule has 9 heteroatoms. The Hall–Kier alpha value is -3.75. The van der Waals surface area contributed by atoms with Gasteiger partial charge in [0.15, 0.2) is 0 Å². The summed E-state index contributed by atoms with van der Waals surface area (Å²) in [6.45, 7) is 0. The van der Waals surface area contributed by atoms with Crippen molar-refractivity contribution in [2.75, 3.05) is 7.05 Å². The number of rotatable bonds is 4. The standard InChI is InChI=1S/C22H18F2N6O/c1-29(21(31)18-7-6-14-4-2-3-5-17(14)27-18)15-8-13(9-15)10-16-11-19(20(23)24)28-22-25-12-26-30(16)22/h2-7,10-12,15,20H,8-9H2,1H3. The Morgan fingerprint density at radius 2 is 2.00 bits per heavy atom. The highest BCUT2D eigenvalue weighted by Gasteiger charge is 2.31. The van der Waals surface area contributed by atoms with Crippen molar-refractivity contribution < 1.29 is 13.6 Å². The molecule has 4 aromatic rings. The molecule has 0 spiro atoms. The summed E-state index contributed by atoms with van der Waals surface area (Å²) in [4.78, 5) is 26.8. The van der Waals surface area contributed by atoms with Crippen LogP contribution in [0.1, 0.15) is 41.1 Å². The average Bonchev–Trinajstić information content (AvgIpc) is 3.23. The number of pyridine rings is 1. The SMILES string of the molecule is CN(C(=O)c1ccc2ccccc2n1)C1CC(=Cc2cc(C(F)F)nc3ncnn23)C1. The van der Waals surface area contributed by atoms with Gasteiger partial charge in [-0.25, -0.2) is 18.7 Å². The molecule has 0 unspecified atom stereocenters. The number of halogens is 2. The van der Waals surface area contributed by atoms with Gasteiger partial charge in [-0.05, 0) is 37.1 Å². The van der Waals surface area contributed by atoms with E-state index in [1.54, 1.807) is 18.0 Å². The molecule has 3 aromatic heterocycles. The summed E-state index contributed by atoms with van der Waals surface area (Å²) in [5.41, 5.74) is 2.38. The maximum Gasteiger partial charge on any atom is 0.280 e. The van der Waals surface area contributed by atoms with E-state index >= 15 is 0 Å². The molecule has 0 N–H and O–H groups in total. The third-order valence-electron chi connectivity index (χ3n) is 5.56. The molecule has 3 heterocycles. The summed E-state index contributed by atoms with van der Waals surface area (Å²) in [6, 6.07) is 12.6. The number of hydrogen-bond donors (Lipinski definition) is 0. The van der Waals surface area contributed by atoms with Gasteiger partial charge in [-0.3, -0.25) is 4.79 Å². The summed E-state index contributed by atoms with van der Waals surface area (Å²) in [5, 5.41) is 5.04. The van der Waals surface area contributed by atoms with Crippen LogP contribution in [0, 0.1) is 0 Å². The van der Waals surface area contributed by atoms with E-state index in [9.17, 15) is 13.6 Å². The molecule has 1 saturated carbocycles. The normalized spacial score (nSPS) is 16.0. The van der Waals surface area contributed by atoms with Crippen LogP contribution in [0.3, 0.4) is 0 Å². The zero-order valence-corrected chi connectivity index (χ0v) is 16.6. The van der Waals surface area contributed by atoms with Gasteiger partial charge in [0.2, 0.25) is 0 Å². The lowest BCUT2D eigenvalue weighted by molar-refractivity contribution is 0.0693. The number of carbonyl (C=O) groups is 1. The van der Waals surface area contributed by atoms with Gasteiger partial charge in [-0.1, -0.05) is 29.8 Å². The first-order valence-corrected chi connectivity index (χ1v) is 9.81. The van der Waals surface area contributed by atoms with E-state index < -0.39 is 6.43 Å². The molecule has 0 bridgehead atoms. The first-order chi connectivity index (χ1) is 15.0. The van der Waals surface area contributed by atoms with Gasteiger partial charge in [-0.15, -0.1) is 0 Å². The fourth-order valence-electron chi connectivity index (χ4n) is 3.75. The smallest absolute Gasteiger partial charge is 0.280 e. The molecule has 0 radical (unpaired) electrons. The molecule has 1 aliphatic rings. The second kappa shape index (κ2) is 7.50.